The zero-order valence-corrected chi connectivity index (χ0v) is 15.7. The number of carbonyl (C=O) groups is 2. The number of esters is 1. The lowest BCUT2D eigenvalue weighted by atomic mass is 10.1. The van der Waals surface area contributed by atoms with Gasteiger partial charge in [0, 0.05) is 24.3 Å². The number of benzene rings is 2. The lowest BCUT2D eigenvalue weighted by Gasteiger charge is -2.11. The largest absolute Gasteiger partial charge is 0.459 e. The number of halogens is 1. The van der Waals surface area contributed by atoms with Gasteiger partial charge in [-0.2, -0.15) is 0 Å². The van der Waals surface area contributed by atoms with Crippen LogP contribution < -0.4 is 10.7 Å². The number of pyridine rings is 1. The molecule has 1 N–H and O–H groups in total. The molecule has 1 amide bonds. The lowest BCUT2D eigenvalue weighted by Crippen LogP contribution is -2.23. The molecular weight excluding hydrogens is 363 g/mol. The van der Waals surface area contributed by atoms with E-state index < -0.39 is 23.1 Å². The van der Waals surface area contributed by atoms with Crippen LogP contribution in [0.3, 0.4) is 0 Å². The Hall–Kier alpha value is -3.48. The number of ether oxygens (including phenoxy) is 1. The summed E-state index contributed by atoms with van der Waals surface area (Å²) in [6, 6.07) is 9.99. The summed E-state index contributed by atoms with van der Waals surface area (Å²) in [5.41, 5.74) is 0.623. The molecule has 2 aromatic carbocycles. The number of rotatable bonds is 4. The minimum Gasteiger partial charge on any atom is -0.459 e. The zero-order chi connectivity index (χ0) is 20.4. The number of carbonyl (C=O) groups excluding carboxylic acids is 2. The number of hydrogen-bond acceptors (Lipinski definition) is 4. The molecular formula is C21H19FN2O4. The first-order valence-corrected chi connectivity index (χ1v) is 8.67. The summed E-state index contributed by atoms with van der Waals surface area (Å²) < 4.78 is 20.2. The van der Waals surface area contributed by atoms with Gasteiger partial charge in [0.15, 0.2) is 0 Å². The average Bonchev–Trinajstić information content (AvgIpc) is 2.64. The van der Waals surface area contributed by atoms with E-state index in [1.165, 1.54) is 30.5 Å². The second-order valence-electron chi connectivity index (χ2n) is 6.63. The van der Waals surface area contributed by atoms with Gasteiger partial charge in [0.1, 0.15) is 11.4 Å². The molecule has 0 saturated heterocycles. The third-order valence-electron chi connectivity index (χ3n) is 4.12. The van der Waals surface area contributed by atoms with E-state index in [4.69, 9.17) is 4.74 Å². The van der Waals surface area contributed by atoms with Crippen LogP contribution in [0.15, 0.2) is 53.5 Å². The van der Waals surface area contributed by atoms with Crippen LogP contribution >= 0.6 is 0 Å². The van der Waals surface area contributed by atoms with Crippen LogP contribution in [0.1, 0.15) is 34.6 Å². The predicted molar refractivity (Wildman–Crippen MR) is 104 cm³/mol. The maximum absolute atomic E-state index is 13.5. The molecule has 0 aliphatic carbocycles. The summed E-state index contributed by atoms with van der Waals surface area (Å²) in [4.78, 5) is 37.0. The Balaban J connectivity index is 1.86. The molecule has 7 heteroatoms. The Morgan fingerprint density at radius 1 is 1.11 bits per heavy atom. The highest BCUT2D eigenvalue weighted by Crippen LogP contribution is 2.15. The predicted octanol–water partition coefficient (Wildman–Crippen LogP) is 3.50. The SMILES string of the molecule is CC(C)OC(=O)c1ccc(NC(=O)c2cn(C)c3ccc(F)cc3c2=O)cc1. The van der Waals surface area contributed by atoms with Gasteiger partial charge in [0.25, 0.3) is 5.91 Å². The van der Waals surface area contributed by atoms with Crippen molar-refractivity contribution in [1.82, 2.24) is 4.57 Å². The Labute approximate surface area is 160 Å². The van der Waals surface area contributed by atoms with E-state index in [9.17, 15) is 18.8 Å². The quantitative estimate of drug-likeness (QED) is 0.701. The van der Waals surface area contributed by atoms with Crippen LogP contribution in [-0.4, -0.2) is 22.5 Å². The molecule has 144 valence electrons. The number of fused-ring (bicyclic) bond motifs is 1. The Bertz CT molecular complexity index is 1120. The van der Waals surface area contributed by atoms with Crippen LogP contribution in [-0.2, 0) is 11.8 Å². The first kappa shape index (κ1) is 19.3. The molecule has 0 spiro atoms. The van der Waals surface area contributed by atoms with Crippen LogP contribution in [0.25, 0.3) is 10.9 Å². The molecule has 0 saturated carbocycles. The zero-order valence-electron chi connectivity index (χ0n) is 15.7. The van der Waals surface area contributed by atoms with E-state index in [1.54, 1.807) is 37.6 Å². The fraction of sp³-hybridized carbons (Fsp3) is 0.190. The minimum absolute atomic E-state index is 0.108. The average molecular weight is 382 g/mol. The second-order valence-corrected chi connectivity index (χ2v) is 6.63. The summed E-state index contributed by atoms with van der Waals surface area (Å²) in [5.74, 6) is -1.63. The van der Waals surface area contributed by atoms with Gasteiger partial charge in [0.05, 0.1) is 17.2 Å². The number of hydrogen-bond donors (Lipinski definition) is 1. The summed E-state index contributed by atoms with van der Waals surface area (Å²) in [6.45, 7) is 3.50. The standard InChI is InChI=1S/C21H19FN2O4/c1-12(2)28-21(27)13-4-7-15(8-5-13)23-20(26)17-11-24(3)18-9-6-14(22)10-16(18)19(17)25/h4-12H,1-3H3,(H,23,26). The number of amides is 1. The van der Waals surface area contributed by atoms with Gasteiger partial charge in [0.2, 0.25) is 5.43 Å². The van der Waals surface area contributed by atoms with Crippen LogP contribution in [0, 0.1) is 5.82 Å². The first-order valence-electron chi connectivity index (χ1n) is 8.67. The fourth-order valence-corrected chi connectivity index (χ4v) is 2.80. The van der Waals surface area contributed by atoms with E-state index in [1.807, 2.05) is 0 Å². The molecule has 3 aromatic rings. The Morgan fingerprint density at radius 3 is 2.43 bits per heavy atom. The number of aryl methyl sites for hydroxylation is 1. The van der Waals surface area contributed by atoms with Crippen LogP contribution in [0.5, 0.6) is 0 Å². The van der Waals surface area contributed by atoms with E-state index in [0.29, 0.717) is 16.8 Å². The number of nitrogens with zero attached hydrogens (tertiary/aromatic N) is 1. The maximum Gasteiger partial charge on any atom is 0.338 e. The lowest BCUT2D eigenvalue weighted by molar-refractivity contribution is 0.0378. The summed E-state index contributed by atoms with van der Waals surface area (Å²) in [5, 5.41) is 2.74. The minimum atomic E-state index is -0.621. The molecule has 0 radical (unpaired) electrons. The summed E-state index contributed by atoms with van der Waals surface area (Å²) in [7, 11) is 1.67. The van der Waals surface area contributed by atoms with E-state index in [0.717, 1.165) is 6.07 Å². The van der Waals surface area contributed by atoms with Crippen molar-refractivity contribution in [2.24, 2.45) is 7.05 Å². The monoisotopic (exact) mass is 382 g/mol. The van der Waals surface area contributed by atoms with Gasteiger partial charge in [-0.1, -0.05) is 0 Å². The Morgan fingerprint density at radius 2 is 1.79 bits per heavy atom. The van der Waals surface area contributed by atoms with Gasteiger partial charge in [-0.3, -0.25) is 9.59 Å². The van der Waals surface area contributed by atoms with Crippen molar-refractivity contribution in [2.45, 2.75) is 20.0 Å². The third-order valence-corrected chi connectivity index (χ3v) is 4.12. The molecule has 0 fully saturated rings. The van der Waals surface area contributed by atoms with Gasteiger partial charge in [-0.15, -0.1) is 0 Å². The van der Waals surface area contributed by atoms with Crippen molar-refractivity contribution in [3.8, 4) is 0 Å². The van der Waals surface area contributed by atoms with Crippen molar-refractivity contribution < 1.29 is 18.7 Å². The van der Waals surface area contributed by atoms with Crippen molar-refractivity contribution in [2.75, 3.05) is 5.32 Å². The highest BCUT2D eigenvalue weighted by Gasteiger charge is 2.16. The smallest absolute Gasteiger partial charge is 0.338 e. The van der Waals surface area contributed by atoms with Gasteiger partial charge >= 0.3 is 5.97 Å². The molecule has 0 bridgehead atoms. The molecule has 0 atom stereocenters. The van der Waals surface area contributed by atoms with Crippen LogP contribution in [0.4, 0.5) is 10.1 Å². The third kappa shape index (κ3) is 3.93. The molecule has 3 rings (SSSR count). The number of aromatic nitrogens is 1. The van der Waals surface area contributed by atoms with E-state index in [2.05, 4.69) is 5.32 Å². The van der Waals surface area contributed by atoms with Gasteiger partial charge in [-0.25, -0.2) is 9.18 Å². The summed E-state index contributed by atoms with van der Waals surface area (Å²) in [6.07, 6.45) is 1.17. The van der Waals surface area contributed by atoms with Gasteiger partial charge < -0.3 is 14.6 Å². The first-order chi connectivity index (χ1) is 13.3. The highest BCUT2D eigenvalue weighted by atomic mass is 19.1. The number of nitrogens with one attached hydrogen (secondary N) is 1. The van der Waals surface area contributed by atoms with E-state index in [-0.39, 0.29) is 17.1 Å². The summed E-state index contributed by atoms with van der Waals surface area (Å²) >= 11 is 0. The normalized spacial score (nSPS) is 10.9. The molecule has 28 heavy (non-hydrogen) atoms. The highest BCUT2D eigenvalue weighted by molar-refractivity contribution is 6.06. The topological polar surface area (TPSA) is 77.4 Å². The molecule has 0 unspecified atom stereocenters. The fourth-order valence-electron chi connectivity index (χ4n) is 2.80. The van der Waals surface area contributed by atoms with Crippen molar-refractivity contribution in [3.05, 3.63) is 75.8 Å². The molecule has 1 heterocycles. The van der Waals surface area contributed by atoms with Gasteiger partial charge in [-0.05, 0) is 56.3 Å². The second kappa shape index (κ2) is 7.64. The number of anilines is 1. The molecule has 0 aliphatic heterocycles. The Kier molecular flexibility index (Phi) is 5.26. The maximum atomic E-state index is 13.5. The molecule has 1 aromatic heterocycles. The molecule has 6 nitrogen and oxygen atoms in total. The van der Waals surface area contributed by atoms with Crippen molar-refractivity contribution in [1.29, 1.82) is 0 Å². The van der Waals surface area contributed by atoms with Crippen molar-refractivity contribution >= 4 is 28.5 Å². The van der Waals surface area contributed by atoms with Crippen LogP contribution in [0.2, 0.25) is 0 Å². The van der Waals surface area contributed by atoms with E-state index >= 15 is 0 Å². The van der Waals surface area contributed by atoms with Crippen molar-refractivity contribution in [3.63, 3.8) is 0 Å². The molecule has 0 aliphatic rings.